The van der Waals surface area contributed by atoms with E-state index in [1.54, 1.807) is 41.3 Å². The van der Waals surface area contributed by atoms with Crippen LogP contribution >= 0.6 is 24.8 Å². The van der Waals surface area contributed by atoms with Gasteiger partial charge in [0.2, 0.25) is 5.91 Å². The molecule has 3 N–H and O–H groups in total. The second kappa shape index (κ2) is 18.7. The van der Waals surface area contributed by atoms with Crippen LogP contribution in [0, 0.1) is 6.92 Å². The Morgan fingerprint density at radius 1 is 0.920 bits per heavy atom. The van der Waals surface area contributed by atoms with Gasteiger partial charge in [-0.15, -0.1) is 29.9 Å². The number of para-hydroxylation sites is 1. The van der Waals surface area contributed by atoms with Gasteiger partial charge in [-0.2, -0.15) is 0 Å². The molecule has 1 fully saturated rings. The van der Waals surface area contributed by atoms with Crippen LogP contribution < -0.4 is 30.5 Å². The molecule has 0 bridgehead atoms. The van der Waals surface area contributed by atoms with Gasteiger partial charge in [0, 0.05) is 51.8 Å². The minimum atomic E-state index is -0.309. The molecule has 2 aliphatic heterocycles. The monoisotopic (exact) mass is 729 g/mol. The summed E-state index contributed by atoms with van der Waals surface area (Å²) >= 11 is 0. The Balaban J connectivity index is 0.00000338. The van der Waals surface area contributed by atoms with Gasteiger partial charge in [0.25, 0.3) is 11.8 Å². The SMILES string of the molecule is CCN1Nc2cccc(C(=O)Nc3ccc(C(=O)N(C)c4ccc(C)cc4OCCCCCC(=O)N4CCN(C)CC4)cc3OC)c2N1.Cl.Cl. The summed E-state index contributed by atoms with van der Waals surface area (Å²) in [5.41, 5.74) is 10.9. The Labute approximate surface area is 307 Å². The number of likely N-dealkylation sites (N-methyl/N-ethyl adjacent to an activating group) is 1. The number of anilines is 4. The van der Waals surface area contributed by atoms with Gasteiger partial charge >= 0.3 is 0 Å². The van der Waals surface area contributed by atoms with Crippen molar-refractivity contribution < 1.29 is 23.9 Å². The standard InChI is InChI=1S/C36H47N7O5.2ClH/c1-6-43-38-29-12-10-11-27(34(29)39-43)35(45)37-28-16-15-26(24-31(28)47-5)36(46)41(4)30-17-14-25(2)23-32(30)48-22-9-7-8-13-33(44)42-20-18-40(3)19-21-42;;/h10-12,14-17,23-24,38-39H,6-9,13,18-22H2,1-5H3,(H,37,45);2*1H. The molecule has 0 unspecified atom stereocenters. The molecular weight excluding hydrogens is 681 g/mol. The summed E-state index contributed by atoms with van der Waals surface area (Å²) in [6.07, 6.45) is 3.07. The normalized spacial score (nSPS) is 13.9. The molecule has 2 aliphatic rings. The highest BCUT2D eigenvalue weighted by atomic mass is 35.5. The topological polar surface area (TPSA) is 119 Å². The smallest absolute Gasteiger partial charge is 0.258 e. The number of rotatable bonds is 13. The van der Waals surface area contributed by atoms with E-state index in [-0.39, 0.29) is 42.5 Å². The molecule has 1 saturated heterocycles. The van der Waals surface area contributed by atoms with E-state index in [1.807, 2.05) is 49.1 Å². The maximum absolute atomic E-state index is 13.7. The van der Waals surface area contributed by atoms with E-state index < -0.39 is 0 Å². The van der Waals surface area contributed by atoms with Crippen LogP contribution in [-0.4, -0.2) is 93.2 Å². The van der Waals surface area contributed by atoms with Crippen molar-refractivity contribution >= 4 is 65.3 Å². The van der Waals surface area contributed by atoms with E-state index in [1.165, 1.54) is 7.11 Å². The summed E-state index contributed by atoms with van der Waals surface area (Å²) in [4.78, 5) is 45.3. The summed E-state index contributed by atoms with van der Waals surface area (Å²) in [7, 11) is 5.30. The summed E-state index contributed by atoms with van der Waals surface area (Å²) in [5, 5.41) is 4.72. The molecule has 0 radical (unpaired) electrons. The number of hydrogen-bond acceptors (Lipinski definition) is 9. The largest absolute Gasteiger partial charge is 0.495 e. The van der Waals surface area contributed by atoms with Gasteiger partial charge in [-0.25, -0.2) is 0 Å². The predicted molar refractivity (Wildman–Crippen MR) is 203 cm³/mol. The van der Waals surface area contributed by atoms with Gasteiger partial charge < -0.3 is 29.5 Å². The quantitative estimate of drug-likeness (QED) is 0.180. The van der Waals surface area contributed by atoms with Gasteiger partial charge in [-0.3, -0.25) is 25.2 Å². The number of hydrogen-bond donors (Lipinski definition) is 3. The average Bonchev–Trinajstić information content (AvgIpc) is 3.53. The molecule has 12 nitrogen and oxygen atoms in total. The Kier molecular flexibility index (Phi) is 15.0. The Morgan fingerprint density at radius 2 is 1.68 bits per heavy atom. The molecule has 0 spiro atoms. The zero-order valence-electron chi connectivity index (χ0n) is 29.4. The molecule has 3 aromatic rings. The number of amides is 3. The number of fused-ring (bicyclic) bond motifs is 1. The van der Waals surface area contributed by atoms with E-state index in [2.05, 4.69) is 28.1 Å². The Bertz CT molecular complexity index is 1630. The van der Waals surface area contributed by atoms with Crippen LogP contribution in [0.2, 0.25) is 0 Å². The molecule has 272 valence electrons. The molecule has 0 atom stereocenters. The minimum Gasteiger partial charge on any atom is -0.495 e. The zero-order chi connectivity index (χ0) is 34.2. The average molecular weight is 731 g/mol. The molecule has 50 heavy (non-hydrogen) atoms. The maximum Gasteiger partial charge on any atom is 0.258 e. The van der Waals surface area contributed by atoms with Gasteiger partial charge in [0.05, 0.1) is 42.0 Å². The van der Waals surface area contributed by atoms with E-state index in [4.69, 9.17) is 9.47 Å². The Morgan fingerprint density at radius 3 is 2.40 bits per heavy atom. The molecule has 14 heteroatoms. The van der Waals surface area contributed by atoms with Crippen LogP contribution in [0.15, 0.2) is 54.6 Å². The van der Waals surface area contributed by atoms with E-state index in [0.717, 1.165) is 56.7 Å². The number of benzene rings is 3. The van der Waals surface area contributed by atoms with Crippen LogP contribution in [0.1, 0.15) is 58.9 Å². The second-order valence-electron chi connectivity index (χ2n) is 12.2. The minimum absolute atomic E-state index is 0. The number of carbonyl (C=O) groups is 3. The molecule has 2 heterocycles. The van der Waals surface area contributed by atoms with Gasteiger partial charge in [-0.05, 0) is 88.2 Å². The van der Waals surface area contributed by atoms with E-state index >= 15 is 0 Å². The first kappa shape index (κ1) is 40.2. The fourth-order valence-corrected chi connectivity index (χ4v) is 5.81. The van der Waals surface area contributed by atoms with Crippen molar-refractivity contribution in [2.24, 2.45) is 0 Å². The highest BCUT2D eigenvalue weighted by Gasteiger charge is 2.24. The summed E-state index contributed by atoms with van der Waals surface area (Å²) in [5.74, 6) is 0.655. The third-order valence-electron chi connectivity index (χ3n) is 8.75. The number of aryl methyl sites for hydroxylation is 1. The number of methoxy groups -OCH3 is 1. The summed E-state index contributed by atoms with van der Waals surface area (Å²) < 4.78 is 11.8. The molecule has 5 rings (SSSR count). The predicted octanol–water partition coefficient (Wildman–Crippen LogP) is 6.08. The van der Waals surface area contributed by atoms with Crippen LogP contribution in [0.25, 0.3) is 0 Å². The Hall–Kier alpha value is -4.23. The summed E-state index contributed by atoms with van der Waals surface area (Å²) in [6.45, 7) is 8.62. The van der Waals surface area contributed by atoms with Crippen molar-refractivity contribution in [2.75, 3.05) is 81.6 Å². The molecule has 3 aromatic carbocycles. The number of ether oxygens (including phenoxy) is 2. The van der Waals surface area contributed by atoms with Gasteiger partial charge in [-0.1, -0.05) is 12.1 Å². The van der Waals surface area contributed by atoms with E-state index in [0.29, 0.717) is 59.3 Å². The lowest BCUT2D eigenvalue weighted by molar-refractivity contribution is -0.132. The van der Waals surface area contributed by atoms with E-state index in [9.17, 15) is 14.4 Å². The van der Waals surface area contributed by atoms with Crippen molar-refractivity contribution in [1.29, 1.82) is 0 Å². The lowest BCUT2D eigenvalue weighted by Gasteiger charge is -2.32. The van der Waals surface area contributed by atoms with Crippen LogP contribution in [-0.2, 0) is 4.79 Å². The number of unbranched alkanes of at least 4 members (excludes halogenated alkanes) is 2. The third-order valence-corrected chi connectivity index (χ3v) is 8.75. The zero-order valence-corrected chi connectivity index (χ0v) is 31.0. The fraction of sp³-hybridized carbons (Fsp3) is 0.417. The highest BCUT2D eigenvalue weighted by Crippen LogP contribution is 2.34. The molecule has 0 saturated carbocycles. The molecule has 0 aromatic heterocycles. The number of carbonyl (C=O) groups excluding carboxylic acids is 3. The number of nitrogens with zero attached hydrogens (tertiary/aromatic N) is 4. The highest BCUT2D eigenvalue weighted by molar-refractivity contribution is 6.11. The van der Waals surface area contributed by atoms with Crippen molar-refractivity contribution in [3.05, 3.63) is 71.3 Å². The maximum atomic E-state index is 13.7. The lowest BCUT2D eigenvalue weighted by Crippen LogP contribution is -2.47. The van der Waals surface area contributed by atoms with Crippen molar-refractivity contribution in [2.45, 2.75) is 39.5 Å². The molecule has 0 aliphatic carbocycles. The first-order valence-corrected chi connectivity index (χ1v) is 16.6. The van der Waals surface area contributed by atoms with Gasteiger partial charge in [0.1, 0.15) is 11.5 Å². The first-order valence-electron chi connectivity index (χ1n) is 16.6. The van der Waals surface area contributed by atoms with Crippen molar-refractivity contribution in [3.63, 3.8) is 0 Å². The first-order chi connectivity index (χ1) is 23.2. The van der Waals surface area contributed by atoms with Crippen LogP contribution in [0.5, 0.6) is 11.5 Å². The summed E-state index contributed by atoms with van der Waals surface area (Å²) in [6, 6.07) is 16.2. The van der Waals surface area contributed by atoms with Crippen LogP contribution in [0.3, 0.4) is 0 Å². The van der Waals surface area contributed by atoms with Crippen molar-refractivity contribution in [1.82, 2.24) is 14.9 Å². The van der Waals surface area contributed by atoms with Crippen LogP contribution in [0.4, 0.5) is 22.7 Å². The number of nitrogens with one attached hydrogen (secondary N) is 3. The number of halogens is 2. The molecule has 3 amide bonds. The third kappa shape index (κ3) is 9.72. The number of hydrazine groups is 2. The van der Waals surface area contributed by atoms with Gasteiger partial charge in [0.15, 0.2) is 0 Å². The lowest BCUT2D eigenvalue weighted by atomic mass is 10.1. The molecular formula is C36H49Cl2N7O5. The second-order valence-corrected chi connectivity index (χ2v) is 12.2. The fourth-order valence-electron chi connectivity index (χ4n) is 5.81. The number of piperazine rings is 1. The van der Waals surface area contributed by atoms with Crippen molar-refractivity contribution in [3.8, 4) is 11.5 Å².